The topological polar surface area (TPSA) is 84.6 Å². The van der Waals surface area contributed by atoms with Crippen molar-refractivity contribution in [3.05, 3.63) is 101 Å². The average molecular weight is 443 g/mol. The van der Waals surface area contributed by atoms with Crippen molar-refractivity contribution in [3.63, 3.8) is 0 Å². The Morgan fingerprint density at radius 3 is 2.48 bits per heavy atom. The summed E-state index contributed by atoms with van der Waals surface area (Å²) in [6.07, 6.45) is 4.76. The SMILES string of the molecule is O=C1NC(=O)N(Cc2ccco2)C(=O)/C1=C/c1cn(Cc2ccc(F)cc2)c2ccccc12. The van der Waals surface area contributed by atoms with Crippen LogP contribution in [0.2, 0.25) is 0 Å². The van der Waals surface area contributed by atoms with Gasteiger partial charge in [-0.2, -0.15) is 0 Å². The lowest BCUT2D eigenvalue weighted by molar-refractivity contribution is -0.130. The van der Waals surface area contributed by atoms with Crippen molar-refractivity contribution in [2.75, 3.05) is 0 Å². The number of carbonyl (C=O) groups is 3. The number of furan rings is 1. The van der Waals surface area contributed by atoms with E-state index in [0.717, 1.165) is 21.4 Å². The van der Waals surface area contributed by atoms with Crippen LogP contribution < -0.4 is 5.32 Å². The first-order valence-corrected chi connectivity index (χ1v) is 10.2. The van der Waals surface area contributed by atoms with Gasteiger partial charge in [-0.05, 0) is 42.0 Å². The molecule has 0 unspecified atom stereocenters. The molecule has 0 bridgehead atoms. The van der Waals surface area contributed by atoms with Crippen LogP contribution in [0.5, 0.6) is 0 Å². The van der Waals surface area contributed by atoms with E-state index >= 15 is 0 Å². The van der Waals surface area contributed by atoms with Gasteiger partial charge in [0.15, 0.2) is 0 Å². The maximum Gasteiger partial charge on any atom is 0.331 e. The number of imide groups is 2. The van der Waals surface area contributed by atoms with Gasteiger partial charge in [-0.1, -0.05) is 30.3 Å². The Hall–Kier alpha value is -4.46. The van der Waals surface area contributed by atoms with E-state index in [1.54, 1.807) is 24.3 Å². The first-order valence-electron chi connectivity index (χ1n) is 10.2. The van der Waals surface area contributed by atoms with E-state index in [-0.39, 0.29) is 17.9 Å². The Kier molecular flexibility index (Phi) is 5.10. The number of aromatic nitrogens is 1. The monoisotopic (exact) mass is 443 g/mol. The molecule has 1 aliphatic rings. The lowest BCUT2D eigenvalue weighted by Crippen LogP contribution is -2.53. The number of nitrogens with one attached hydrogen (secondary N) is 1. The Morgan fingerprint density at radius 1 is 0.939 bits per heavy atom. The fraction of sp³-hybridized carbons (Fsp3) is 0.0800. The summed E-state index contributed by atoms with van der Waals surface area (Å²) in [5.74, 6) is -1.34. The number of para-hydroxylation sites is 1. The molecular weight excluding hydrogens is 425 g/mol. The highest BCUT2D eigenvalue weighted by molar-refractivity contribution is 6.31. The summed E-state index contributed by atoms with van der Waals surface area (Å²) >= 11 is 0. The molecule has 0 aliphatic carbocycles. The number of urea groups is 1. The molecule has 2 aromatic heterocycles. The number of hydrogen-bond donors (Lipinski definition) is 1. The quantitative estimate of drug-likeness (QED) is 0.372. The van der Waals surface area contributed by atoms with Gasteiger partial charge < -0.3 is 8.98 Å². The third-order valence-electron chi connectivity index (χ3n) is 5.47. The lowest BCUT2D eigenvalue weighted by Gasteiger charge is -2.25. The van der Waals surface area contributed by atoms with Crippen molar-refractivity contribution in [1.29, 1.82) is 0 Å². The van der Waals surface area contributed by atoms with Crippen LogP contribution in [0.1, 0.15) is 16.9 Å². The number of benzene rings is 2. The third kappa shape index (κ3) is 3.94. The molecule has 4 aromatic rings. The summed E-state index contributed by atoms with van der Waals surface area (Å²) in [7, 11) is 0. The first-order chi connectivity index (χ1) is 16.0. The molecule has 7 nitrogen and oxygen atoms in total. The second kappa shape index (κ2) is 8.23. The largest absolute Gasteiger partial charge is 0.467 e. The molecule has 1 N–H and O–H groups in total. The second-order valence-electron chi connectivity index (χ2n) is 7.64. The summed E-state index contributed by atoms with van der Waals surface area (Å²) in [5.41, 5.74) is 2.29. The summed E-state index contributed by atoms with van der Waals surface area (Å²) < 4.78 is 20.5. The summed E-state index contributed by atoms with van der Waals surface area (Å²) in [5, 5.41) is 3.05. The van der Waals surface area contributed by atoms with Crippen molar-refractivity contribution in [2.45, 2.75) is 13.1 Å². The Labute approximate surface area is 187 Å². The predicted molar refractivity (Wildman–Crippen MR) is 118 cm³/mol. The minimum Gasteiger partial charge on any atom is -0.467 e. The van der Waals surface area contributed by atoms with Crippen molar-refractivity contribution < 1.29 is 23.2 Å². The highest BCUT2D eigenvalue weighted by Gasteiger charge is 2.36. The van der Waals surface area contributed by atoms with Gasteiger partial charge in [-0.25, -0.2) is 9.18 Å². The molecule has 1 saturated heterocycles. The second-order valence-corrected chi connectivity index (χ2v) is 7.64. The van der Waals surface area contributed by atoms with Crippen LogP contribution in [0.4, 0.5) is 9.18 Å². The Balaban J connectivity index is 1.52. The molecule has 0 atom stereocenters. The van der Waals surface area contributed by atoms with E-state index in [2.05, 4.69) is 5.32 Å². The Morgan fingerprint density at radius 2 is 1.73 bits per heavy atom. The van der Waals surface area contributed by atoms with Gasteiger partial charge in [0.05, 0.1) is 12.8 Å². The van der Waals surface area contributed by atoms with Gasteiger partial charge in [0, 0.05) is 29.2 Å². The average Bonchev–Trinajstić information content (AvgIpc) is 3.44. The number of hydrogen-bond acceptors (Lipinski definition) is 4. The molecule has 1 aliphatic heterocycles. The fourth-order valence-corrected chi connectivity index (χ4v) is 3.86. The van der Waals surface area contributed by atoms with E-state index in [4.69, 9.17) is 4.42 Å². The van der Waals surface area contributed by atoms with Crippen LogP contribution in [0, 0.1) is 5.82 Å². The molecule has 1 fully saturated rings. The Bertz CT molecular complexity index is 1400. The molecule has 4 amide bonds. The van der Waals surface area contributed by atoms with Crippen LogP contribution in [0.25, 0.3) is 17.0 Å². The van der Waals surface area contributed by atoms with E-state index in [1.807, 2.05) is 35.0 Å². The van der Waals surface area contributed by atoms with Crippen LogP contribution in [-0.2, 0) is 22.7 Å². The molecule has 5 rings (SSSR count). The van der Waals surface area contributed by atoms with Gasteiger partial charge in [-0.15, -0.1) is 0 Å². The fourth-order valence-electron chi connectivity index (χ4n) is 3.86. The van der Waals surface area contributed by atoms with Crippen LogP contribution in [0.3, 0.4) is 0 Å². The number of rotatable bonds is 5. The van der Waals surface area contributed by atoms with E-state index < -0.39 is 17.8 Å². The number of carbonyl (C=O) groups excluding carboxylic acids is 3. The van der Waals surface area contributed by atoms with Crippen LogP contribution in [-0.4, -0.2) is 27.3 Å². The molecular formula is C25H18FN3O4. The zero-order valence-electron chi connectivity index (χ0n) is 17.3. The van der Waals surface area contributed by atoms with E-state index in [0.29, 0.717) is 17.9 Å². The standard InChI is InChI=1S/C25H18FN3O4/c26-18-9-7-16(8-10-18)13-28-14-17(20-5-1-2-6-22(20)28)12-21-23(30)27-25(32)29(24(21)31)15-19-4-3-11-33-19/h1-12,14H,13,15H2,(H,27,30,32)/b21-12+. The highest BCUT2D eigenvalue weighted by Crippen LogP contribution is 2.26. The van der Waals surface area contributed by atoms with Crippen LogP contribution in [0.15, 0.2) is 83.1 Å². The molecule has 0 spiro atoms. The number of fused-ring (bicyclic) bond motifs is 1. The smallest absolute Gasteiger partial charge is 0.331 e. The van der Waals surface area contributed by atoms with Crippen molar-refractivity contribution in [1.82, 2.24) is 14.8 Å². The first kappa shape index (κ1) is 20.4. The zero-order chi connectivity index (χ0) is 22.9. The molecule has 2 aromatic carbocycles. The van der Waals surface area contributed by atoms with E-state index in [1.165, 1.54) is 24.5 Å². The van der Waals surface area contributed by atoms with E-state index in [9.17, 15) is 18.8 Å². The molecule has 33 heavy (non-hydrogen) atoms. The van der Waals surface area contributed by atoms with Crippen molar-refractivity contribution in [3.8, 4) is 0 Å². The van der Waals surface area contributed by atoms with Gasteiger partial charge >= 0.3 is 6.03 Å². The molecule has 0 saturated carbocycles. The summed E-state index contributed by atoms with van der Waals surface area (Å²) in [6.45, 7) is 0.391. The molecule has 3 heterocycles. The minimum atomic E-state index is -0.794. The molecule has 164 valence electrons. The maximum absolute atomic E-state index is 13.3. The van der Waals surface area contributed by atoms with Gasteiger partial charge in [-0.3, -0.25) is 19.8 Å². The zero-order valence-corrected chi connectivity index (χ0v) is 17.3. The van der Waals surface area contributed by atoms with Crippen molar-refractivity contribution >= 4 is 34.8 Å². The van der Waals surface area contributed by atoms with Gasteiger partial charge in [0.25, 0.3) is 11.8 Å². The third-order valence-corrected chi connectivity index (χ3v) is 5.47. The molecule has 8 heteroatoms. The van der Waals surface area contributed by atoms with Crippen LogP contribution >= 0.6 is 0 Å². The lowest BCUT2D eigenvalue weighted by atomic mass is 10.1. The summed E-state index contributed by atoms with van der Waals surface area (Å²) in [4.78, 5) is 38.7. The number of halogens is 1. The van der Waals surface area contributed by atoms with Gasteiger partial charge in [0.2, 0.25) is 0 Å². The van der Waals surface area contributed by atoms with Crippen molar-refractivity contribution in [2.24, 2.45) is 0 Å². The normalized spacial score (nSPS) is 15.5. The number of barbiturate groups is 1. The minimum absolute atomic E-state index is 0.0887. The number of amides is 4. The number of nitrogens with zero attached hydrogens (tertiary/aromatic N) is 2. The highest BCUT2D eigenvalue weighted by atomic mass is 19.1. The molecule has 0 radical (unpaired) electrons. The predicted octanol–water partition coefficient (Wildman–Crippen LogP) is 4.08. The van der Waals surface area contributed by atoms with Gasteiger partial charge in [0.1, 0.15) is 17.2 Å². The maximum atomic E-state index is 13.3. The summed E-state index contributed by atoms with van der Waals surface area (Å²) in [6, 6.07) is 16.3.